The maximum atomic E-state index is 10.4. The highest BCUT2D eigenvalue weighted by molar-refractivity contribution is 5.53. The molecule has 0 saturated carbocycles. The van der Waals surface area contributed by atoms with E-state index in [2.05, 4.69) is 16.8 Å². The molecular formula is C12H18N2O2. The molecule has 0 radical (unpaired) electrons. The van der Waals surface area contributed by atoms with Crippen LogP contribution >= 0.6 is 0 Å². The smallest absolute Gasteiger partial charge is 0.198 e. The number of likely N-dealkylation sites (N-methyl/N-ethyl adjacent to an activating group) is 1. The monoisotopic (exact) mass is 222 g/mol. The van der Waals surface area contributed by atoms with E-state index in [9.17, 15) is 4.79 Å². The third-order valence-electron chi connectivity index (χ3n) is 3.16. The lowest BCUT2D eigenvalue weighted by atomic mass is 9.98. The van der Waals surface area contributed by atoms with Gasteiger partial charge in [-0.1, -0.05) is 6.92 Å². The molecule has 0 spiro atoms. The zero-order valence-electron chi connectivity index (χ0n) is 9.69. The van der Waals surface area contributed by atoms with Crippen LogP contribution in [0.2, 0.25) is 0 Å². The summed E-state index contributed by atoms with van der Waals surface area (Å²) in [4.78, 5) is 17.2. The van der Waals surface area contributed by atoms with Crippen molar-refractivity contribution >= 4 is 6.29 Å². The molecule has 16 heavy (non-hydrogen) atoms. The Hall–Kier alpha value is -1.16. The van der Waals surface area contributed by atoms with Gasteiger partial charge in [-0.2, -0.15) is 0 Å². The average Bonchev–Trinajstić information content (AvgIpc) is 2.78. The third-order valence-corrected chi connectivity index (χ3v) is 3.16. The van der Waals surface area contributed by atoms with Crippen molar-refractivity contribution in [3.05, 3.63) is 17.8 Å². The number of oxazole rings is 1. The highest BCUT2D eigenvalue weighted by atomic mass is 16.3. The van der Waals surface area contributed by atoms with Crippen LogP contribution in [0.3, 0.4) is 0 Å². The molecule has 0 N–H and O–H groups in total. The number of aromatic nitrogens is 1. The SMILES string of the molecule is CCN1CCCC(c2nc(CC=O)co2)C1. The molecule has 0 aromatic carbocycles. The summed E-state index contributed by atoms with van der Waals surface area (Å²) < 4.78 is 5.45. The molecular weight excluding hydrogens is 204 g/mol. The molecule has 1 aromatic heterocycles. The van der Waals surface area contributed by atoms with Crippen molar-refractivity contribution in [3.63, 3.8) is 0 Å². The van der Waals surface area contributed by atoms with Gasteiger partial charge in [0.05, 0.1) is 5.69 Å². The maximum Gasteiger partial charge on any atom is 0.198 e. The summed E-state index contributed by atoms with van der Waals surface area (Å²) in [6.07, 6.45) is 5.16. The number of likely N-dealkylation sites (tertiary alicyclic amines) is 1. The van der Waals surface area contributed by atoms with E-state index in [4.69, 9.17) is 4.42 Å². The molecule has 2 rings (SSSR count). The first-order chi connectivity index (χ1) is 7.83. The first kappa shape index (κ1) is 11.3. The van der Waals surface area contributed by atoms with Crippen molar-refractivity contribution < 1.29 is 9.21 Å². The number of piperidine rings is 1. The van der Waals surface area contributed by atoms with Crippen molar-refractivity contribution in [1.29, 1.82) is 0 Å². The van der Waals surface area contributed by atoms with Crippen LogP contribution in [-0.4, -0.2) is 35.8 Å². The van der Waals surface area contributed by atoms with Crippen molar-refractivity contribution in [1.82, 2.24) is 9.88 Å². The predicted molar refractivity (Wildman–Crippen MR) is 60.4 cm³/mol. The fourth-order valence-electron chi connectivity index (χ4n) is 2.23. The van der Waals surface area contributed by atoms with Gasteiger partial charge in [0.1, 0.15) is 12.5 Å². The van der Waals surface area contributed by atoms with Gasteiger partial charge in [-0.25, -0.2) is 4.98 Å². The summed E-state index contributed by atoms with van der Waals surface area (Å²) in [5, 5.41) is 0. The van der Waals surface area contributed by atoms with Crippen LogP contribution in [-0.2, 0) is 11.2 Å². The number of nitrogens with zero attached hydrogens (tertiary/aromatic N) is 2. The first-order valence-corrected chi connectivity index (χ1v) is 5.93. The number of hydrogen-bond donors (Lipinski definition) is 0. The molecule has 1 unspecified atom stereocenters. The normalized spacial score (nSPS) is 22.2. The van der Waals surface area contributed by atoms with Gasteiger partial charge in [-0.3, -0.25) is 0 Å². The van der Waals surface area contributed by atoms with Crippen LogP contribution in [0.15, 0.2) is 10.7 Å². The molecule has 2 heterocycles. The van der Waals surface area contributed by atoms with Gasteiger partial charge < -0.3 is 14.1 Å². The Balaban J connectivity index is 2.02. The molecule has 4 nitrogen and oxygen atoms in total. The fraction of sp³-hybridized carbons (Fsp3) is 0.667. The molecule has 0 bridgehead atoms. The van der Waals surface area contributed by atoms with Crippen molar-refractivity contribution in [2.45, 2.75) is 32.1 Å². The van der Waals surface area contributed by atoms with Crippen molar-refractivity contribution in [2.75, 3.05) is 19.6 Å². The topological polar surface area (TPSA) is 46.3 Å². The number of aldehydes is 1. The Bertz CT molecular complexity index is 349. The van der Waals surface area contributed by atoms with Crippen molar-refractivity contribution in [3.8, 4) is 0 Å². The molecule has 88 valence electrons. The first-order valence-electron chi connectivity index (χ1n) is 5.93. The largest absolute Gasteiger partial charge is 0.448 e. The maximum absolute atomic E-state index is 10.4. The standard InChI is InChI=1S/C12H18N2O2/c1-2-14-6-3-4-10(8-14)12-13-11(5-7-15)9-16-12/h7,9-10H,2-6,8H2,1H3. The van der Waals surface area contributed by atoms with E-state index in [0.29, 0.717) is 12.3 Å². The minimum atomic E-state index is 0.355. The Morgan fingerprint density at radius 3 is 3.31 bits per heavy atom. The summed E-state index contributed by atoms with van der Waals surface area (Å²) in [5.74, 6) is 1.20. The Morgan fingerprint density at radius 1 is 1.69 bits per heavy atom. The van der Waals surface area contributed by atoms with E-state index in [-0.39, 0.29) is 0 Å². The number of carbonyl (C=O) groups is 1. The van der Waals surface area contributed by atoms with Crippen LogP contribution < -0.4 is 0 Å². The van der Waals surface area contributed by atoms with E-state index in [0.717, 1.165) is 37.4 Å². The molecule has 0 aliphatic carbocycles. The molecule has 1 fully saturated rings. The Morgan fingerprint density at radius 2 is 2.56 bits per heavy atom. The van der Waals surface area contributed by atoms with E-state index in [1.165, 1.54) is 13.0 Å². The lowest BCUT2D eigenvalue weighted by molar-refractivity contribution is -0.107. The minimum Gasteiger partial charge on any atom is -0.448 e. The van der Waals surface area contributed by atoms with Crippen LogP contribution in [0, 0.1) is 0 Å². The van der Waals surface area contributed by atoms with Crippen molar-refractivity contribution in [2.24, 2.45) is 0 Å². The number of carbonyl (C=O) groups excluding carboxylic acids is 1. The second-order valence-electron chi connectivity index (χ2n) is 4.28. The van der Waals surface area contributed by atoms with Gasteiger partial charge >= 0.3 is 0 Å². The van der Waals surface area contributed by atoms with Crippen LogP contribution in [0.1, 0.15) is 37.3 Å². The average molecular weight is 222 g/mol. The van der Waals surface area contributed by atoms with Gasteiger partial charge in [0.15, 0.2) is 5.89 Å². The molecule has 1 saturated heterocycles. The minimum absolute atomic E-state index is 0.355. The van der Waals surface area contributed by atoms with Crippen LogP contribution in [0.5, 0.6) is 0 Å². The summed E-state index contributed by atoms with van der Waals surface area (Å²) in [6, 6.07) is 0. The number of rotatable bonds is 4. The molecule has 1 atom stereocenters. The fourth-order valence-corrected chi connectivity index (χ4v) is 2.23. The molecule has 1 aliphatic rings. The third kappa shape index (κ3) is 2.50. The summed E-state index contributed by atoms with van der Waals surface area (Å²) in [7, 11) is 0. The Labute approximate surface area is 95.6 Å². The van der Waals surface area contributed by atoms with Crippen LogP contribution in [0.25, 0.3) is 0 Å². The van der Waals surface area contributed by atoms with Crippen LogP contribution in [0.4, 0.5) is 0 Å². The molecule has 4 heteroatoms. The number of hydrogen-bond acceptors (Lipinski definition) is 4. The highest BCUT2D eigenvalue weighted by Gasteiger charge is 2.24. The summed E-state index contributed by atoms with van der Waals surface area (Å²) >= 11 is 0. The van der Waals surface area contributed by atoms with E-state index in [1.54, 1.807) is 6.26 Å². The second-order valence-corrected chi connectivity index (χ2v) is 4.28. The lowest BCUT2D eigenvalue weighted by Crippen LogP contribution is -2.34. The molecule has 1 aliphatic heterocycles. The van der Waals surface area contributed by atoms with Gasteiger partial charge in [0.25, 0.3) is 0 Å². The van der Waals surface area contributed by atoms with E-state index in [1.807, 2.05) is 0 Å². The Kier molecular flexibility index (Phi) is 3.72. The second kappa shape index (κ2) is 5.25. The molecule has 1 aromatic rings. The van der Waals surface area contributed by atoms with Gasteiger partial charge in [0.2, 0.25) is 0 Å². The van der Waals surface area contributed by atoms with E-state index < -0.39 is 0 Å². The zero-order chi connectivity index (χ0) is 11.4. The predicted octanol–water partition coefficient (Wildman–Crippen LogP) is 1.62. The highest BCUT2D eigenvalue weighted by Crippen LogP contribution is 2.26. The zero-order valence-corrected chi connectivity index (χ0v) is 9.69. The van der Waals surface area contributed by atoms with Gasteiger partial charge in [0, 0.05) is 18.9 Å². The van der Waals surface area contributed by atoms with E-state index >= 15 is 0 Å². The summed E-state index contributed by atoms with van der Waals surface area (Å²) in [6.45, 7) is 5.46. The van der Waals surface area contributed by atoms with Gasteiger partial charge in [-0.15, -0.1) is 0 Å². The van der Waals surface area contributed by atoms with Gasteiger partial charge in [-0.05, 0) is 25.9 Å². The quantitative estimate of drug-likeness (QED) is 0.726. The molecule has 0 amide bonds. The lowest BCUT2D eigenvalue weighted by Gasteiger charge is -2.29. The summed E-state index contributed by atoms with van der Waals surface area (Å²) in [5.41, 5.74) is 0.749.